The van der Waals surface area contributed by atoms with Gasteiger partial charge in [-0.3, -0.25) is 0 Å². The van der Waals surface area contributed by atoms with Crippen LogP contribution in [0.15, 0.2) is 18.3 Å². The zero-order valence-corrected chi connectivity index (χ0v) is 6.58. The SMILES string of the molecule is Clc1ccc[n+](Cl)c1Cl.[NaH]. The fraction of sp³-hybridized carbons (Fsp3) is 0. The van der Waals surface area contributed by atoms with E-state index >= 15 is 0 Å². The van der Waals surface area contributed by atoms with Gasteiger partial charge in [-0.15, -0.1) is 0 Å². The Morgan fingerprint density at radius 2 is 1.90 bits per heavy atom. The molecule has 0 radical (unpaired) electrons. The van der Waals surface area contributed by atoms with Gasteiger partial charge in [-0.05, 0) is 17.7 Å². The predicted octanol–water partition coefficient (Wildman–Crippen LogP) is 1.63. The van der Waals surface area contributed by atoms with Gasteiger partial charge in [0.2, 0.25) is 0 Å². The Morgan fingerprint density at radius 1 is 1.30 bits per heavy atom. The summed E-state index contributed by atoms with van der Waals surface area (Å²) in [6.07, 6.45) is 1.61. The van der Waals surface area contributed by atoms with Crippen molar-refractivity contribution in [3.63, 3.8) is 0 Å². The van der Waals surface area contributed by atoms with Crippen LogP contribution in [0.25, 0.3) is 0 Å². The van der Waals surface area contributed by atoms with Crippen LogP contribution in [0.3, 0.4) is 0 Å². The van der Waals surface area contributed by atoms with Gasteiger partial charge in [0.15, 0.2) is 6.20 Å². The predicted molar refractivity (Wildman–Crippen MR) is 45.1 cm³/mol. The molecule has 0 atom stereocenters. The van der Waals surface area contributed by atoms with Gasteiger partial charge in [0.1, 0.15) is 5.02 Å². The van der Waals surface area contributed by atoms with Crippen LogP contribution in [-0.2, 0) is 0 Å². The van der Waals surface area contributed by atoms with E-state index in [9.17, 15) is 0 Å². The second-order valence-electron chi connectivity index (χ2n) is 1.46. The maximum absolute atomic E-state index is 5.58. The van der Waals surface area contributed by atoms with E-state index < -0.39 is 0 Å². The average Bonchev–Trinajstić information content (AvgIpc) is 1.83. The number of hydrogen-bond acceptors (Lipinski definition) is 0. The van der Waals surface area contributed by atoms with Crippen LogP contribution < -0.4 is 4.09 Å². The summed E-state index contributed by atoms with van der Waals surface area (Å²) in [5.74, 6) is 0. The molecule has 0 aliphatic heterocycles. The summed E-state index contributed by atoms with van der Waals surface area (Å²) in [5, 5.41) is 0.787. The fourth-order valence-corrected chi connectivity index (χ4v) is 0.922. The molecule has 0 spiro atoms. The Balaban J connectivity index is 0.000000810. The second kappa shape index (κ2) is 4.81. The number of hydrogen-bond donors (Lipinski definition) is 0. The third kappa shape index (κ3) is 2.57. The van der Waals surface area contributed by atoms with Crippen molar-refractivity contribution >= 4 is 64.5 Å². The van der Waals surface area contributed by atoms with Crippen molar-refractivity contribution in [3.8, 4) is 0 Å². The summed E-state index contributed by atoms with van der Waals surface area (Å²) in [5.41, 5.74) is 0. The Hall–Kier alpha value is 1.02. The number of rotatable bonds is 0. The van der Waals surface area contributed by atoms with E-state index in [-0.39, 0.29) is 29.6 Å². The third-order valence-corrected chi connectivity index (χ3v) is 2.00. The normalized spacial score (nSPS) is 8.70. The molecule has 0 aromatic carbocycles. The van der Waals surface area contributed by atoms with Gasteiger partial charge < -0.3 is 0 Å². The van der Waals surface area contributed by atoms with Crippen LogP contribution in [0.2, 0.25) is 10.2 Å². The molecule has 0 aliphatic carbocycles. The van der Waals surface area contributed by atoms with Crippen molar-refractivity contribution in [2.45, 2.75) is 0 Å². The molecule has 0 N–H and O–H groups in total. The van der Waals surface area contributed by atoms with Crippen LogP contribution in [0.1, 0.15) is 0 Å². The number of halogens is 3. The van der Waals surface area contributed by atoms with E-state index in [4.69, 9.17) is 35.0 Å². The van der Waals surface area contributed by atoms with E-state index in [1.807, 2.05) is 0 Å². The van der Waals surface area contributed by atoms with Gasteiger partial charge >= 0.3 is 34.7 Å². The summed E-state index contributed by atoms with van der Waals surface area (Å²) >= 11 is 16.7. The molecule has 1 rings (SSSR count). The topological polar surface area (TPSA) is 3.88 Å². The van der Waals surface area contributed by atoms with Gasteiger partial charge in [-0.25, -0.2) is 0 Å². The van der Waals surface area contributed by atoms with Crippen LogP contribution in [0.5, 0.6) is 0 Å². The Morgan fingerprint density at radius 3 is 2.30 bits per heavy atom. The standard InChI is InChI=1S/C5H3Cl3N.Na.H/c6-4-2-1-3-9(8)5(4)7;;/h1-3H;;/q+1;;. The fourth-order valence-electron chi connectivity index (χ4n) is 0.439. The summed E-state index contributed by atoms with van der Waals surface area (Å²) in [6, 6.07) is 3.38. The van der Waals surface area contributed by atoms with Crippen molar-refractivity contribution in [3.05, 3.63) is 28.5 Å². The van der Waals surface area contributed by atoms with E-state index in [0.717, 1.165) is 0 Å². The Kier molecular flexibility index (Phi) is 5.30. The van der Waals surface area contributed by atoms with Gasteiger partial charge in [-0.1, -0.05) is 15.7 Å². The summed E-state index contributed by atoms with van der Waals surface area (Å²) in [4.78, 5) is 0. The molecular weight excluding hydrogens is 203 g/mol. The number of nitrogens with zero attached hydrogens (tertiary/aromatic N) is 1. The summed E-state index contributed by atoms with van der Waals surface area (Å²) in [6.45, 7) is 0. The first-order valence-electron chi connectivity index (χ1n) is 2.23. The second-order valence-corrected chi connectivity index (χ2v) is 2.59. The molecule has 0 aliphatic rings. The molecule has 1 heterocycles. The van der Waals surface area contributed by atoms with E-state index in [1.165, 1.54) is 4.09 Å². The van der Waals surface area contributed by atoms with Crippen LogP contribution in [-0.4, -0.2) is 29.6 Å². The molecule has 0 amide bonds. The van der Waals surface area contributed by atoms with Crippen LogP contribution in [0.4, 0.5) is 0 Å². The summed E-state index contributed by atoms with van der Waals surface area (Å²) in [7, 11) is 0. The van der Waals surface area contributed by atoms with E-state index in [2.05, 4.69) is 0 Å². The number of aromatic nitrogens is 1. The van der Waals surface area contributed by atoms with Crippen molar-refractivity contribution in [2.24, 2.45) is 0 Å². The third-order valence-electron chi connectivity index (χ3n) is 0.844. The monoisotopic (exact) mass is 206 g/mol. The van der Waals surface area contributed by atoms with Gasteiger partial charge in [0, 0.05) is 6.07 Å². The van der Waals surface area contributed by atoms with Gasteiger partial charge in [0.05, 0.1) is 0 Å². The van der Waals surface area contributed by atoms with E-state index in [1.54, 1.807) is 18.3 Å². The van der Waals surface area contributed by atoms with Crippen molar-refractivity contribution in [1.29, 1.82) is 0 Å². The minimum atomic E-state index is 0. The van der Waals surface area contributed by atoms with Gasteiger partial charge in [0.25, 0.3) is 11.8 Å². The quantitative estimate of drug-likeness (QED) is 0.450. The zero-order chi connectivity index (χ0) is 6.85. The van der Waals surface area contributed by atoms with Crippen LogP contribution in [0, 0.1) is 0 Å². The molecule has 50 valence electrons. The molecule has 1 aromatic rings. The molecular formula is C5H4Cl3NNa+. The van der Waals surface area contributed by atoms with Crippen molar-refractivity contribution in [1.82, 2.24) is 0 Å². The number of pyridine rings is 1. The van der Waals surface area contributed by atoms with Crippen molar-refractivity contribution < 1.29 is 4.09 Å². The first-order valence-corrected chi connectivity index (χ1v) is 3.33. The molecule has 0 unspecified atom stereocenters. The zero-order valence-electron chi connectivity index (χ0n) is 4.31. The van der Waals surface area contributed by atoms with Gasteiger partial charge in [-0.2, -0.15) is 0 Å². The Labute approximate surface area is 96.3 Å². The maximum atomic E-state index is 5.58. The first kappa shape index (κ1) is 11.0. The van der Waals surface area contributed by atoms with Crippen LogP contribution >= 0.6 is 35.0 Å². The molecule has 0 bridgehead atoms. The van der Waals surface area contributed by atoms with Crippen molar-refractivity contribution in [2.75, 3.05) is 0 Å². The first-order chi connectivity index (χ1) is 4.22. The molecule has 10 heavy (non-hydrogen) atoms. The molecule has 0 saturated carbocycles. The molecule has 5 heteroatoms. The molecule has 0 fully saturated rings. The summed E-state index contributed by atoms with van der Waals surface area (Å²) < 4.78 is 1.23. The van der Waals surface area contributed by atoms with E-state index in [0.29, 0.717) is 10.2 Å². The molecule has 1 aromatic heterocycles. The molecule has 0 saturated heterocycles. The minimum absolute atomic E-state index is 0. The molecule has 1 nitrogen and oxygen atoms in total. The Bertz CT molecular complexity index is 208. The average molecular weight is 207 g/mol.